The van der Waals surface area contributed by atoms with Crippen LogP contribution in [0.15, 0.2) is 42.7 Å². The van der Waals surface area contributed by atoms with Crippen LogP contribution in [0.3, 0.4) is 0 Å². The molecule has 0 fully saturated rings. The lowest BCUT2D eigenvalue weighted by atomic mass is 10.1. The van der Waals surface area contributed by atoms with E-state index in [4.69, 9.17) is 11.6 Å². The Labute approximate surface area is 123 Å². The summed E-state index contributed by atoms with van der Waals surface area (Å²) in [5.74, 6) is 1.62. The summed E-state index contributed by atoms with van der Waals surface area (Å²) in [7, 11) is 0. The number of anilines is 1. The molecule has 0 bridgehead atoms. The topological polar surface area (TPSA) is 41.0 Å². The first-order valence-corrected chi connectivity index (χ1v) is 6.81. The maximum atomic E-state index is 6.29. The van der Waals surface area contributed by atoms with Gasteiger partial charge in [0.2, 0.25) is 0 Å². The molecule has 0 amide bonds. The van der Waals surface area contributed by atoms with Crippen molar-refractivity contribution in [3.63, 3.8) is 0 Å². The molecule has 4 nitrogen and oxygen atoms in total. The molecule has 0 radical (unpaired) electrons. The van der Waals surface area contributed by atoms with E-state index in [1.165, 1.54) is 0 Å². The molecule has 0 aliphatic carbocycles. The van der Waals surface area contributed by atoms with Gasteiger partial charge in [0, 0.05) is 34.7 Å². The number of benzene rings is 1. The normalized spacial score (nSPS) is 17.4. The highest BCUT2D eigenvalue weighted by Gasteiger charge is 2.25. The van der Waals surface area contributed by atoms with Crippen molar-refractivity contribution in [2.75, 3.05) is 4.90 Å². The molecule has 1 N–H and O–H groups in total. The summed E-state index contributed by atoms with van der Waals surface area (Å²) in [4.78, 5) is 10.9. The van der Waals surface area contributed by atoms with Crippen LogP contribution < -0.4 is 10.2 Å². The molecule has 1 aromatic carbocycles. The number of nitrogens with one attached hydrogen (secondary N) is 1. The third kappa shape index (κ3) is 2.34. The van der Waals surface area contributed by atoms with Crippen molar-refractivity contribution in [1.29, 1.82) is 0 Å². The highest BCUT2D eigenvalue weighted by molar-refractivity contribution is 6.31. The van der Waals surface area contributed by atoms with Gasteiger partial charge in [0.15, 0.2) is 0 Å². The second-order valence-corrected chi connectivity index (χ2v) is 5.14. The second-order valence-electron chi connectivity index (χ2n) is 4.73. The second kappa shape index (κ2) is 5.13. The number of hydrogen-bond acceptors (Lipinski definition) is 4. The molecule has 1 unspecified atom stereocenters. The number of rotatable bonds is 2. The lowest BCUT2D eigenvalue weighted by Crippen LogP contribution is -2.27. The smallest absolute Gasteiger partial charge is 0.138 e. The molecule has 0 saturated heterocycles. The number of aryl methyl sites for hydroxylation is 2. The number of nitrogens with zero attached hydrogens (tertiary/aromatic N) is 3. The Balaban J connectivity index is 2.00. The summed E-state index contributed by atoms with van der Waals surface area (Å²) < 4.78 is 0. The Morgan fingerprint density at radius 2 is 2.00 bits per heavy atom. The van der Waals surface area contributed by atoms with Gasteiger partial charge < -0.3 is 10.2 Å². The van der Waals surface area contributed by atoms with Crippen molar-refractivity contribution < 1.29 is 0 Å². The van der Waals surface area contributed by atoms with Crippen molar-refractivity contribution in [1.82, 2.24) is 15.3 Å². The average molecular weight is 287 g/mol. The Bertz CT molecular complexity index is 648. The molecule has 1 aromatic heterocycles. The molecule has 5 heteroatoms. The van der Waals surface area contributed by atoms with Gasteiger partial charge in [-0.15, -0.1) is 0 Å². The van der Waals surface area contributed by atoms with Gasteiger partial charge in [-0.2, -0.15) is 0 Å². The zero-order chi connectivity index (χ0) is 14.1. The summed E-state index contributed by atoms with van der Waals surface area (Å²) in [6.07, 6.45) is 3.83. The van der Waals surface area contributed by atoms with Crippen LogP contribution >= 0.6 is 11.6 Å². The Kier molecular flexibility index (Phi) is 3.32. The molecule has 102 valence electrons. The van der Waals surface area contributed by atoms with Crippen molar-refractivity contribution in [3.05, 3.63) is 64.8 Å². The molecule has 0 saturated carbocycles. The molecule has 0 spiro atoms. The van der Waals surface area contributed by atoms with Crippen LogP contribution in [-0.4, -0.2) is 9.97 Å². The molecule has 2 heterocycles. The van der Waals surface area contributed by atoms with E-state index in [1.807, 2.05) is 56.6 Å². The fraction of sp³-hybridized carbons (Fsp3) is 0.200. The van der Waals surface area contributed by atoms with Crippen LogP contribution in [0.4, 0.5) is 5.82 Å². The lowest BCUT2D eigenvalue weighted by Gasteiger charge is -2.26. The molecule has 2 aromatic rings. The Hall–Kier alpha value is -2.07. The van der Waals surface area contributed by atoms with Gasteiger partial charge in [-0.25, -0.2) is 9.97 Å². The van der Waals surface area contributed by atoms with Crippen LogP contribution in [0.25, 0.3) is 0 Å². The average Bonchev–Trinajstić information content (AvgIpc) is 2.87. The van der Waals surface area contributed by atoms with Crippen LogP contribution in [-0.2, 0) is 0 Å². The Morgan fingerprint density at radius 3 is 2.75 bits per heavy atom. The van der Waals surface area contributed by atoms with Crippen molar-refractivity contribution >= 4 is 17.4 Å². The standard InChI is InChI=1S/C15H15ClN4/c1-10-9-14(19-11(2)18-10)20-8-7-17-15(20)12-5-3-4-6-13(12)16/h3-9,15,17H,1-2H3. The van der Waals surface area contributed by atoms with Crippen molar-refractivity contribution in [2.45, 2.75) is 20.0 Å². The first-order chi connectivity index (χ1) is 9.65. The van der Waals surface area contributed by atoms with E-state index >= 15 is 0 Å². The predicted molar refractivity (Wildman–Crippen MR) is 80.5 cm³/mol. The summed E-state index contributed by atoms with van der Waals surface area (Å²) in [6.45, 7) is 3.87. The fourth-order valence-electron chi connectivity index (χ4n) is 2.36. The van der Waals surface area contributed by atoms with Gasteiger partial charge in [0.25, 0.3) is 0 Å². The van der Waals surface area contributed by atoms with E-state index in [0.717, 1.165) is 27.9 Å². The summed E-state index contributed by atoms with van der Waals surface area (Å²) in [6, 6.07) is 9.79. The van der Waals surface area contributed by atoms with E-state index in [9.17, 15) is 0 Å². The first-order valence-electron chi connectivity index (χ1n) is 6.43. The van der Waals surface area contributed by atoms with E-state index in [2.05, 4.69) is 20.2 Å². The minimum atomic E-state index is -0.0441. The van der Waals surface area contributed by atoms with E-state index < -0.39 is 0 Å². The molecule has 20 heavy (non-hydrogen) atoms. The molecule has 3 rings (SSSR count). The number of halogens is 1. The molecule has 1 atom stereocenters. The maximum Gasteiger partial charge on any atom is 0.138 e. The largest absolute Gasteiger partial charge is 0.366 e. The SMILES string of the molecule is Cc1cc(N2C=CNC2c2ccccc2Cl)nc(C)n1. The lowest BCUT2D eigenvalue weighted by molar-refractivity contribution is 0.659. The minimum absolute atomic E-state index is 0.0441. The van der Waals surface area contributed by atoms with Gasteiger partial charge in [-0.05, 0) is 19.9 Å². The van der Waals surface area contributed by atoms with Gasteiger partial charge in [0.1, 0.15) is 17.8 Å². The third-order valence-electron chi connectivity index (χ3n) is 3.18. The maximum absolute atomic E-state index is 6.29. The summed E-state index contributed by atoms with van der Waals surface area (Å²) in [5, 5.41) is 4.04. The first kappa shape index (κ1) is 12.9. The molecular formula is C15H15ClN4. The van der Waals surface area contributed by atoms with E-state index in [-0.39, 0.29) is 6.17 Å². The Morgan fingerprint density at radius 1 is 1.20 bits per heavy atom. The molecular weight excluding hydrogens is 272 g/mol. The highest BCUT2D eigenvalue weighted by atomic mass is 35.5. The predicted octanol–water partition coefficient (Wildman–Crippen LogP) is 3.33. The molecule has 1 aliphatic rings. The summed E-state index contributed by atoms with van der Waals surface area (Å²) in [5.41, 5.74) is 1.97. The van der Waals surface area contributed by atoms with Crippen LogP contribution in [0.5, 0.6) is 0 Å². The highest BCUT2D eigenvalue weighted by Crippen LogP contribution is 2.31. The number of hydrogen-bond donors (Lipinski definition) is 1. The zero-order valence-corrected chi connectivity index (χ0v) is 12.1. The fourth-order valence-corrected chi connectivity index (χ4v) is 2.59. The number of aromatic nitrogens is 2. The van der Waals surface area contributed by atoms with Crippen LogP contribution in [0, 0.1) is 13.8 Å². The van der Waals surface area contributed by atoms with Crippen LogP contribution in [0.2, 0.25) is 5.02 Å². The minimum Gasteiger partial charge on any atom is -0.366 e. The molecule has 1 aliphatic heterocycles. The third-order valence-corrected chi connectivity index (χ3v) is 3.53. The van der Waals surface area contributed by atoms with Crippen molar-refractivity contribution in [3.8, 4) is 0 Å². The summed E-state index contributed by atoms with van der Waals surface area (Å²) >= 11 is 6.29. The van der Waals surface area contributed by atoms with Crippen LogP contribution in [0.1, 0.15) is 23.2 Å². The monoisotopic (exact) mass is 286 g/mol. The zero-order valence-electron chi connectivity index (χ0n) is 11.3. The van der Waals surface area contributed by atoms with Gasteiger partial charge in [-0.1, -0.05) is 29.8 Å². The van der Waals surface area contributed by atoms with Crippen molar-refractivity contribution in [2.24, 2.45) is 0 Å². The van der Waals surface area contributed by atoms with Gasteiger partial charge in [-0.3, -0.25) is 0 Å². The van der Waals surface area contributed by atoms with E-state index in [0.29, 0.717) is 0 Å². The van der Waals surface area contributed by atoms with E-state index in [1.54, 1.807) is 0 Å². The van der Waals surface area contributed by atoms with Gasteiger partial charge in [0.05, 0.1) is 0 Å². The van der Waals surface area contributed by atoms with Gasteiger partial charge >= 0.3 is 0 Å². The quantitative estimate of drug-likeness (QED) is 0.919.